The molecule has 2 atom stereocenters. The summed E-state index contributed by atoms with van der Waals surface area (Å²) >= 11 is 0. The molecule has 5 heteroatoms. The van der Waals surface area contributed by atoms with Gasteiger partial charge in [-0.1, -0.05) is 0 Å². The molecule has 1 spiro atoms. The molecule has 98 valence electrons. The fraction of sp³-hybridized carbons (Fsp3) is 0.692. The lowest BCUT2D eigenvalue weighted by Gasteiger charge is -2.41. The van der Waals surface area contributed by atoms with Gasteiger partial charge in [0.1, 0.15) is 0 Å². The van der Waals surface area contributed by atoms with Crippen molar-refractivity contribution in [2.24, 2.45) is 11.1 Å². The van der Waals surface area contributed by atoms with E-state index in [0.29, 0.717) is 0 Å². The molecular formula is C13H20N4O. The first-order valence-electron chi connectivity index (χ1n) is 7.02. The Labute approximate surface area is 109 Å². The fourth-order valence-corrected chi connectivity index (χ4v) is 3.11. The number of nitrogens with zero attached hydrogens (tertiary/aromatic N) is 3. The number of ether oxygens (including phenoxy) is 1. The van der Waals surface area contributed by atoms with E-state index in [2.05, 4.69) is 22.0 Å². The maximum absolute atomic E-state index is 7.53. The van der Waals surface area contributed by atoms with Crippen LogP contribution in [0.4, 0.5) is 5.69 Å². The molecule has 2 fully saturated rings. The molecule has 3 rings (SSSR count). The molecule has 0 radical (unpaired) electrons. The van der Waals surface area contributed by atoms with Gasteiger partial charge < -0.3 is 15.4 Å². The quantitative estimate of drug-likeness (QED) is 0.798. The minimum atomic E-state index is 0.136. The predicted octanol–water partition coefficient (Wildman–Crippen LogP) is 0.809. The first-order chi connectivity index (χ1) is 9.11. The molecule has 0 aromatic carbocycles. The fourth-order valence-electron chi connectivity index (χ4n) is 3.11. The highest BCUT2D eigenvalue weighted by Gasteiger charge is 2.47. The van der Waals surface area contributed by atoms with Crippen molar-refractivity contribution in [2.45, 2.75) is 31.9 Å². The zero-order chi connectivity index (χ0) is 13.5. The smallest absolute Gasteiger partial charge is 0.0861 e. The third-order valence-electron chi connectivity index (χ3n) is 4.49. The van der Waals surface area contributed by atoms with Crippen LogP contribution < -0.4 is 10.6 Å². The molecule has 0 amide bonds. The summed E-state index contributed by atoms with van der Waals surface area (Å²) in [6.45, 7) is 4.72. The van der Waals surface area contributed by atoms with Crippen LogP contribution in [-0.2, 0) is 4.74 Å². The van der Waals surface area contributed by atoms with E-state index in [0.717, 1.165) is 38.2 Å². The van der Waals surface area contributed by atoms with Crippen LogP contribution in [0.25, 0.3) is 0 Å². The first-order valence-corrected chi connectivity index (χ1v) is 6.52. The average molecular weight is 249 g/mol. The lowest BCUT2D eigenvalue weighted by atomic mass is 9.73. The first kappa shape index (κ1) is 10.7. The van der Waals surface area contributed by atoms with Gasteiger partial charge >= 0.3 is 0 Å². The summed E-state index contributed by atoms with van der Waals surface area (Å²) in [5, 5.41) is 7.52. The van der Waals surface area contributed by atoms with Gasteiger partial charge in [0, 0.05) is 24.5 Å². The monoisotopic (exact) mass is 249 g/mol. The Hall–Kier alpha value is -1.20. The summed E-state index contributed by atoms with van der Waals surface area (Å²) < 4.78 is 13.3. The topological polar surface area (TPSA) is 64.3 Å². The van der Waals surface area contributed by atoms with Crippen LogP contribution >= 0.6 is 0 Å². The summed E-state index contributed by atoms with van der Waals surface area (Å²) in [5.41, 5.74) is 7.42. The van der Waals surface area contributed by atoms with Gasteiger partial charge in [-0.05, 0) is 25.8 Å². The molecule has 0 saturated carbocycles. The highest BCUT2D eigenvalue weighted by atomic mass is 16.5. The second-order valence-electron chi connectivity index (χ2n) is 5.43. The maximum Gasteiger partial charge on any atom is 0.0861 e. The standard InChI is InChI=1S/C13H20N4O/c1-10-12(14)13(9-18-10)3-6-17(7-4-13)11-2-5-15-16-8-11/h2,5,8,10,12H,3-4,6-7,9,14H2,1H3/t10-,12+/m0/s1/i5D. The second kappa shape index (κ2) is 4.48. The minimum Gasteiger partial charge on any atom is -0.376 e. The van der Waals surface area contributed by atoms with Gasteiger partial charge in [-0.3, -0.25) is 0 Å². The number of hydrogen-bond donors (Lipinski definition) is 1. The molecule has 2 aliphatic rings. The maximum atomic E-state index is 7.53. The molecule has 0 bridgehead atoms. The Bertz CT molecular complexity index is 462. The van der Waals surface area contributed by atoms with Gasteiger partial charge in [0.05, 0.1) is 32.1 Å². The van der Waals surface area contributed by atoms with Crippen molar-refractivity contribution in [2.75, 3.05) is 24.6 Å². The third-order valence-corrected chi connectivity index (χ3v) is 4.49. The van der Waals surface area contributed by atoms with Gasteiger partial charge in [0.15, 0.2) is 0 Å². The summed E-state index contributed by atoms with van der Waals surface area (Å²) in [6, 6.07) is 1.90. The van der Waals surface area contributed by atoms with Crippen molar-refractivity contribution >= 4 is 5.69 Å². The van der Waals surface area contributed by atoms with Crippen LogP contribution in [0.15, 0.2) is 18.4 Å². The molecule has 1 aromatic rings. The molecule has 3 heterocycles. The zero-order valence-corrected chi connectivity index (χ0v) is 10.7. The molecule has 2 saturated heterocycles. The Balaban J connectivity index is 1.70. The largest absolute Gasteiger partial charge is 0.376 e. The van der Waals surface area contributed by atoms with E-state index in [1.54, 1.807) is 12.3 Å². The summed E-state index contributed by atoms with van der Waals surface area (Å²) in [6.07, 6.45) is 4.17. The molecule has 5 nitrogen and oxygen atoms in total. The van der Waals surface area contributed by atoms with Crippen LogP contribution in [0.1, 0.15) is 21.1 Å². The lowest BCUT2D eigenvalue weighted by Crippen LogP contribution is -2.50. The van der Waals surface area contributed by atoms with Gasteiger partial charge in [-0.25, -0.2) is 0 Å². The SMILES string of the molecule is [2H]c1cc(N2CCC3(CC2)CO[C@@H](C)[C@H]3N)cnn1. The van der Waals surface area contributed by atoms with E-state index in [-0.39, 0.29) is 23.7 Å². The number of anilines is 1. The predicted molar refractivity (Wildman–Crippen MR) is 69.3 cm³/mol. The van der Waals surface area contributed by atoms with Crippen molar-refractivity contribution in [3.63, 3.8) is 0 Å². The van der Waals surface area contributed by atoms with Crippen LogP contribution in [0.3, 0.4) is 0 Å². The summed E-state index contributed by atoms with van der Waals surface area (Å²) in [5.74, 6) is 0. The van der Waals surface area contributed by atoms with Crippen molar-refractivity contribution < 1.29 is 6.11 Å². The summed E-state index contributed by atoms with van der Waals surface area (Å²) in [7, 11) is 0. The summed E-state index contributed by atoms with van der Waals surface area (Å²) in [4.78, 5) is 2.26. The molecule has 0 unspecified atom stereocenters. The number of rotatable bonds is 1. The number of nitrogens with two attached hydrogens (primary N) is 1. The van der Waals surface area contributed by atoms with Gasteiger partial charge in [0.25, 0.3) is 0 Å². The molecule has 2 aliphatic heterocycles. The minimum absolute atomic E-state index is 0.136. The third kappa shape index (κ3) is 1.87. The van der Waals surface area contributed by atoms with E-state index in [1.807, 2.05) is 0 Å². The molecular weight excluding hydrogens is 228 g/mol. The highest BCUT2D eigenvalue weighted by molar-refractivity contribution is 5.43. The van der Waals surface area contributed by atoms with Crippen LogP contribution in [-0.4, -0.2) is 42.0 Å². The average Bonchev–Trinajstić information content (AvgIpc) is 2.69. The number of hydrogen-bond acceptors (Lipinski definition) is 5. The lowest BCUT2D eigenvalue weighted by molar-refractivity contribution is 0.0974. The van der Waals surface area contributed by atoms with Gasteiger partial charge in [-0.2, -0.15) is 10.2 Å². The highest BCUT2D eigenvalue weighted by Crippen LogP contribution is 2.41. The molecule has 18 heavy (non-hydrogen) atoms. The Morgan fingerprint density at radius 3 is 2.89 bits per heavy atom. The molecule has 1 aromatic heterocycles. The normalized spacial score (nSPS) is 31.7. The van der Waals surface area contributed by atoms with Crippen LogP contribution in [0.5, 0.6) is 0 Å². The van der Waals surface area contributed by atoms with E-state index >= 15 is 0 Å². The van der Waals surface area contributed by atoms with Crippen LogP contribution in [0, 0.1) is 5.41 Å². The Morgan fingerprint density at radius 1 is 1.50 bits per heavy atom. The molecule has 2 N–H and O–H groups in total. The van der Waals surface area contributed by atoms with E-state index < -0.39 is 0 Å². The Morgan fingerprint density at radius 2 is 2.28 bits per heavy atom. The van der Waals surface area contributed by atoms with Crippen molar-refractivity contribution in [3.05, 3.63) is 18.4 Å². The zero-order valence-electron chi connectivity index (χ0n) is 11.7. The number of aromatic nitrogens is 2. The van der Waals surface area contributed by atoms with Gasteiger partial charge in [-0.15, -0.1) is 0 Å². The Kier molecular flexibility index (Phi) is 2.66. The van der Waals surface area contributed by atoms with E-state index in [9.17, 15) is 0 Å². The van der Waals surface area contributed by atoms with Gasteiger partial charge in [0.2, 0.25) is 0 Å². The van der Waals surface area contributed by atoms with E-state index in [4.69, 9.17) is 11.8 Å². The molecule has 0 aliphatic carbocycles. The van der Waals surface area contributed by atoms with Crippen molar-refractivity contribution in [1.82, 2.24) is 10.2 Å². The van der Waals surface area contributed by atoms with Crippen LogP contribution in [0.2, 0.25) is 0 Å². The van der Waals surface area contributed by atoms with Crippen molar-refractivity contribution in [1.29, 1.82) is 0 Å². The second-order valence-corrected chi connectivity index (χ2v) is 5.43. The number of piperidine rings is 1. The van der Waals surface area contributed by atoms with E-state index in [1.165, 1.54) is 0 Å². The van der Waals surface area contributed by atoms with Crippen molar-refractivity contribution in [3.8, 4) is 0 Å².